The lowest BCUT2D eigenvalue weighted by atomic mass is 10.0. The number of hydrogen-bond donors (Lipinski definition) is 0. The summed E-state index contributed by atoms with van der Waals surface area (Å²) in [6.07, 6.45) is 9.90. The quantitative estimate of drug-likeness (QED) is 0.332. The fourth-order valence-corrected chi connectivity index (χ4v) is 6.08. The maximum atomic E-state index is 13.3. The third-order valence-corrected chi connectivity index (χ3v) is 8.23. The number of aryl methyl sites for hydroxylation is 1. The normalized spacial score (nSPS) is 18.8. The highest BCUT2D eigenvalue weighted by atomic mass is 79.9. The van der Waals surface area contributed by atoms with E-state index in [0.29, 0.717) is 5.56 Å². The van der Waals surface area contributed by atoms with E-state index in [0.717, 1.165) is 78.1 Å². The van der Waals surface area contributed by atoms with Crippen LogP contribution in [0.1, 0.15) is 62.2 Å². The van der Waals surface area contributed by atoms with Crippen molar-refractivity contribution in [3.8, 4) is 17.1 Å². The smallest absolute Gasteiger partial charge is 0.255 e. The monoisotopic (exact) mass is 553 g/mol. The van der Waals surface area contributed by atoms with Crippen LogP contribution >= 0.6 is 15.9 Å². The molecule has 1 unspecified atom stereocenters. The number of imidazole rings is 1. The van der Waals surface area contributed by atoms with Crippen LogP contribution in [0.5, 0.6) is 5.75 Å². The van der Waals surface area contributed by atoms with E-state index in [4.69, 9.17) is 14.7 Å². The fraction of sp³-hybridized carbons (Fsp3) is 0.536. The van der Waals surface area contributed by atoms with Gasteiger partial charge in [-0.15, -0.1) is 0 Å². The molecule has 0 N–H and O–H groups in total. The van der Waals surface area contributed by atoms with Crippen LogP contribution in [0.3, 0.4) is 0 Å². The first-order valence-electron chi connectivity index (χ1n) is 13.3. The number of piperidine rings is 1. The van der Waals surface area contributed by atoms with Crippen LogP contribution in [0, 0.1) is 0 Å². The number of halogens is 1. The molecule has 7 nitrogen and oxygen atoms in total. The van der Waals surface area contributed by atoms with Gasteiger partial charge in [-0.3, -0.25) is 4.79 Å². The van der Waals surface area contributed by atoms with E-state index in [1.54, 1.807) is 13.3 Å². The number of ether oxygens (including phenoxy) is 1. The maximum absolute atomic E-state index is 13.3. The fourth-order valence-electron chi connectivity index (χ4n) is 5.54. The van der Waals surface area contributed by atoms with Gasteiger partial charge in [0.1, 0.15) is 17.1 Å². The molecule has 0 spiro atoms. The van der Waals surface area contributed by atoms with Gasteiger partial charge in [0.25, 0.3) is 5.91 Å². The molecule has 2 aliphatic rings. The highest BCUT2D eigenvalue weighted by molar-refractivity contribution is 9.10. The molecule has 36 heavy (non-hydrogen) atoms. The largest absolute Gasteiger partial charge is 0.496 e. The maximum Gasteiger partial charge on any atom is 0.255 e. The summed E-state index contributed by atoms with van der Waals surface area (Å²) in [5, 5.41) is 0. The lowest BCUT2D eigenvalue weighted by Gasteiger charge is -2.33. The lowest BCUT2D eigenvalue weighted by Crippen LogP contribution is -2.42. The number of likely N-dealkylation sites (tertiary alicyclic amines) is 2. The number of nitrogens with zero attached hydrogens (tertiary/aromatic N) is 5. The molecule has 1 atom stereocenters. The molecule has 0 saturated carbocycles. The van der Waals surface area contributed by atoms with Crippen LogP contribution < -0.4 is 4.74 Å². The van der Waals surface area contributed by atoms with Crippen LogP contribution in [0.2, 0.25) is 0 Å². The average Bonchev–Trinajstić information content (AvgIpc) is 3.54. The van der Waals surface area contributed by atoms with Crippen LogP contribution in [0.25, 0.3) is 22.6 Å². The third-order valence-electron chi connectivity index (χ3n) is 7.61. The number of pyridine rings is 1. The number of carbonyl (C=O) groups is 1. The SMILES string of the molecule is COc1ccc(-c2nc3cc(C(=O)N4CCCCC4C)cnc3n2CCCCN2CCCC2)cc1Br. The number of hydrogen-bond acceptors (Lipinski definition) is 5. The summed E-state index contributed by atoms with van der Waals surface area (Å²) in [6.45, 7) is 7.40. The zero-order valence-corrected chi connectivity index (χ0v) is 23.0. The van der Waals surface area contributed by atoms with Crippen LogP contribution in [0.4, 0.5) is 0 Å². The number of methoxy groups -OCH3 is 1. The van der Waals surface area contributed by atoms with E-state index in [9.17, 15) is 4.79 Å². The number of amides is 1. The zero-order valence-electron chi connectivity index (χ0n) is 21.4. The van der Waals surface area contributed by atoms with Crippen molar-refractivity contribution < 1.29 is 9.53 Å². The predicted octanol–water partition coefficient (Wildman–Crippen LogP) is 5.76. The Morgan fingerprint density at radius 3 is 2.61 bits per heavy atom. The molecule has 0 aliphatic carbocycles. The molecule has 0 bridgehead atoms. The Morgan fingerprint density at radius 2 is 1.86 bits per heavy atom. The molecule has 2 aliphatic heterocycles. The molecule has 3 aromatic rings. The topological polar surface area (TPSA) is 63.5 Å². The van der Waals surface area contributed by atoms with E-state index in [2.05, 4.69) is 32.3 Å². The van der Waals surface area contributed by atoms with E-state index in [1.165, 1.54) is 32.4 Å². The molecule has 192 valence electrons. The molecule has 8 heteroatoms. The molecule has 0 radical (unpaired) electrons. The summed E-state index contributed by atoms with van der Waals surface area (Å²) < 4.78 is 8.53. The molecule has 2 fully saturated rings. The van der Waals surface area contributed by atoms with Crippen molar-refractivity contribution in [2.75, 3.05) is 33.3 Å². The van der Waals surface area contributed by atoms with Crippen LogP contribution in [-0.2, 0) is 6.54 Å². The summed E-state index contributed by atoms with van der Waals surface area (Å²) in [5.74, 6) is 1.72. The van der Waals surface area contributed by atoms with Gasteiger partial charge in [0.05, 0.1) is 17.1 Å². The molecule has 2 saturated heterocycles. The molecule has 5 rings (SSSR count). The Hall–Kier alpha value is -2.45. The summed E-state index contributed by atoms with van der Waals surface area (Å²) in [7, 11) is 1.67. The Bertz CT molecular complexity index is 1220. The number of unbranched alkanes of at least 4 members (excludes halogenated alkanes) is 1. The van der Waals surface area contributed by atoms with Crippen molar-refractivity contribution in [1.29, 1.82) is 0 Å². The Labute approximate surface area is 222 Å². The number of benzene rings is 1. The molecule has 1 aromatic carbocycles. The van der Waals surface area contributed by atoms with Gasteiger partial charge in [0, 0.05) is 30.9 Å². The van der Waals surface area contributed by atoms with Crippen molar-refractivity contribution in [3.05, 3.63) is 40.5 Å². The van der Waals surface area contributed by atoms with Crippen molar-refractivity contribution in [1.82, 2.24) is 24.3 Å². The van der Waals surface area contributed by atoms with Gasteiger partial charge in [0.2, 0.25) is 0 Å². The molecule has 2 aromatic heterocycles. The summed E-state index contributed by atoms with van der Waals surface area (Å²) in [6, 6.07) is 8.23. The average molecular weight is 555 g/mol. The van der Waals surface area contributed by atoms with Crippen molar-refractivity contribution in [3.63, 3.8) is 0 Å². The van der Waals surface area contributed by atoms with Gasteiger partial charge in [-0.2, -0.15) is 0 Å². The molecular formula is C28H36BrN5O2. The number of fused-ring (bicyclic) bond motifs is 1. The summed E-state index contributed by atoms with van der Waals surface area (Å²) >= 11 is 3.62. The van der Waals surface area contributed by atoms with Crippen molar-refractivity contribution in [2.24, 2.45) is 0 Å². The van der Waals surface area contributed by atoms with Crippen LogP contribution in [-0.4, -0.2) is 69.6 Å². The Morgan fingerprint density at radius 1 is 1.08 bits per heavy atom. The van der Waals surface area contributed by atoms with Gasteiger partial charge in [-0.25, -0.2) is 9.97 Å². The predicted molar refractivity (Wildman–Crippen MR) is 146 cm³/mol. The first-order valence-corrected chi connectivity index (χ1v) is 14.1. The zero-order chi connectivity index (χ0) is 25.1. The number of rotatable bonds is 8. The van der Waals surface area contributed by atoms with E-state index < -0.39 is 0 Å². The molecular weight excluding hydrogens is 518 g/mol. The van der Waals surface area contributed by atoms with E-state index >= 15 is 0 Å². The lowest BCUT2D eigenvalue weighted by molar-refractivity contribution is 0.0635. The molecule has 4 heterocycles. The van der Waals surface area contributed by atoms with Crippen molar-refractivity contribution >= 4 is 33.0 Å². The molecule has 1 amide bonds. The first kappa shape index (κ1) is 25.2. The van der Waals surface area contributed by atoms with Crippen molar-refractivity contribution in [2.45, 2.75) is 64.5 Å². The first-order chi connectivity index (χ1) is 17.5. The van der Waals surface area contributed by atoms with E-state index in [-0.39, 0.29) is 11.9 Å². The second-order valence-electron chi connectivity index (χ2n) is 10.1. The van der Waals surface area contributed by atoms with Gasteiger partial charge < -0.3 is 19.1 Å². The van der Waals surface area contributed by atoms with Gasteiger partial charge in [-0.1, -0.05) is 0 Å². The second-order valence-corrected chi connectivity index (χ2v) is 11.0. The van der Waals surface area contributed by atoms with Crippen LogP contribution in [0.15, 0.2) is 34.9 Å². The summed E-state index contributed by atoms with van der Waals surface area (Å²) in [5.41, 5.74) is 3.23. The van der Waals surface area contributed by atoms with Gasteiger partial charge in [0.15, 0.2) is 5.65 Å². The minimum absolute atomic E-state index is 0.0607. The second kappa shape index (κ2) is 11.3. The summed E-state index contributed by atoms with van der Waals surface area (Å²) in [4.78, 5) is 27.6. The van der Waals surface area contributed by atoms with Gasteiger partial charge >= 0.3 is 0 Å². The minimum atomic E-state index is 0.0607. The number of aromatic nitrogens is 3. The minimum Gasteiger partial charge on any atom is -0.496 e. The Kier molecular flexibility index (Phi) is 7.91. The highest BCUT2D eigenvalue weighted by Gasteiger charge is 2.25. The number of carbonyl (C=O) groups excluding carboxylic acids is 1. The third kappa shape index (κ3) is 5.30. The standard InChI is InChI=1S/C28H36BrN5O2/c1-20-9-3-4-15-33(20)28(35)22-18-24-27(30-19-22)34(16-8-7-14-32-12-5-6-13-32)26(31-24)21-10-11-25(36-2)23(29)17-21/h10-11,17-20H,3-9,12-16H2,1-2H3. The highest BCUT2D eigenvalue weighted by Crippen LogP contribution is 2.32. The Balaban J connectivity index is 1.45. The van der Waals surface area contributed by atoms with E-state index in [1.807, 2.05) is 29.2 Å². The van der Waals surface area contributed by atoms with Gasteiger partial charge in [-0.05, 0) is 112 Å².